The number of rotatable bonds is 4. The quantitative estimate of drug-likeness (QED) is 0.844. The number of aryl methyl sites for hydroxylation is 1. The number of carbonyl (C=O) groups excluding carboxylic acids is 2. The lowest BCUT2D eigenvalue weighted by Gasteiger charge is -2.32. The molecule has 0 saturated heterocycles. The summed E-state index contributed by atoms with van der Waals surface area (Å²) in [5, 5.41) is 0. The van der Waals surface area contributed by atoms with Gasteiger partial charge in [0.25, 0.3) is 5.91 Å². The number of fused-ring (bicyclic) bond motifs is 1. The summed E-state index contributed by atoms with van der Waals surface area (Å²) >= 11 is 1.54. The molecule has 0 radical (unpaired) electrons. The summed E-state index contributed by atoms with van der Waals surface area (Å²) < 4.78 is 7.19. The Balaban J connectivity index is 1.65. The van der Waals surface area contributed by atoms with E-state index in [0.717, 1.165) is 16.9 Å². The molecule has 1 unspecified atom stereocenters. The number of hydrogen-bond donors (Lipinski definition) is 0. The highest BCUT2D eigenvalue weighted by Crippen LogP contribution is 2.80. The van der Waals surface area contributed by atoms with Gasteiger partial charge in [0.05, 0.1) is 12.0 Å². The Morgan fingerprint density at radius 1 is 1.50 bits per heavy atom. The van der Waals surface area contributed by atoms with Crippen molar-refractivity contribution in [3.05, 3.63) is 15.4 Å². The van der Waals surface area contributed by atoms with Gasteiger partial charge >= 0.3 is 0 Å². The van der Waals surface area contributed by atoms with Gasteiger partial charge in [-0.2, -0.15) is 4.99 Å². The lowest BCUT2D eigenvalue weighted by molar-refractivity contribution is -0.134. The van der Waals surface area contributed by atoms with Crippen LogP contribution in [0.5, 0.6) is 0 Å². The smallest absolute Gasteiger partial charge is 0.255 e. The van der Waals surface area contributed by atoms with Gasteiger partial charge in [0.15, 0.2) is 4.80 Å². The molecule has 3 fully saturated rings. The third kappa shape index (κ3) is 1.65. The number of Topliss-reactive ketones (excluding diaryl/α,β-unsaturated/α-hetero) is 1. The fourth-order valence-corrected chi connectivity index (χ4v) is 5.58. The molecule has 0 bridgehead atoms. The predicted octanol–water partition coefficient (Wildman–Crippen LogP) is 1.47. The second-order valence-electron chi connectivity index (χ2n) is 6.77. The van der Waals surface area contributed by atoms with Crippen molar-refractivity contribution in [3.63, 3.8) is 0 Å². The zero-order chi connectivity index (χ0) is 15.6. The van der Waals surface area contributed by atoms with Crippen molar-refractivity contribution in [2.45, 2.75) is 33.2 Å². The van der Waals surface area contributed by atoms with E-state index < -0.39 is 5.41 Å². The van der Waals surface area contributed by atoms with E-state index in [0.29, 0.717) is 31.4 Å². The van der Waals surface area contributed by atoms with Crippen molar-refractivity contribution < 1.29 is 14.3 Å². The van der Waals surface area contributed by atoms with Crippen molar-refractivity contribution in [1.82, 2.24) is 4.57 Å². The maximum atomic E-state index is 12.7. The highest BCUT2D eigenvalue weighted by atomic mass is 32.1. The van der Waals surface area contributed by atoms with Crippen LogP contribution in [0.1, 0.15) is 23.4 Å². The molecule has 22 heavy (non-hydrogen) atoms. The van der Waals surface area contributed by atoms with Gasteiger partial charge in [0, 0.05) is 36.6 Å². The fraction of sp³-hybridized carbons (Fsp3) is 0.688. The van der Waals surface area contributed by atoms with Crippen molar-refractivity contribution in [1.29, 1.82) is 0 Å². The van der Waals surface area contributed by atoms with Crippen LogP contribution >= 0.6 is 11.3 Å². The highest BCUT2D eigenvalue weighted by molar-refractivity contribution is 7.09. The number of thiazole rings is 1. The van der Waals surface area contributed by atoms with Crippen LogP contribution in [0.25, 0.3) is 0 Å². The molecule has 1 heterocycles. The van der Waals surface area contributed by atoms with Crippen LogP contribution in [0.15, 0.2) is 4.99 Å². The van der Waals surface area contributed by atoms with E-state index in [1.807, 2.05) is 18.4 Å². The third-order valence-corrected chi connectivity index (χ3v) is 6.92. The third-order valence-electron chi connectivity index (χ3n) is 5.82. The maximum absolute atomic E-state index is 12.7. The number of amides is 1. The summed E-state index contributed by atoms with van der Waals surface area (Å²) in [5.41, 5.74) is 0.717. The van der Waals surface area contributed by atoms with Gasteiger partial charge in [-0.05, 0) is 32.1 Å². The zero-order valence-electron chi connectivity index (χ0n) is 13.1. The van der Waals surface area contributed by atoms with Gasteiger partial charge in [-0.25, -0.2) is 0 Å². The minimum Gasteiger partial charge on any atom is -0.383 e. The first-order valence-electron chi connectivity index (χ1n) is 7.78. The number of aromatic nitrogens is 1. The summed E-state index contributed by atoms with van der Waals surface area (Å²) in [7, 11) is 1.67. The second-order valence-corrected chi connectivity index (χ2v) is 7.95. The summed E-state index contributed by atoms with van der Waals surface area (Å²) in [4.78, 5) is 30.9. The molecule has 1 amide bonds. The van der Waals surface area contributed by atoms with Crippen LogP contribution in [0.4, 0.5) is 0 Å². The molecular formula is C16H20N2O3S. The number of carbonyl (C=O) groups is 2. The topological polar surface area (TPSA) is 60.7 Å². The molecule has 4 atom stereocenters. The molecule has 118 valence electrons. The van der Waals surface area contributed by atoms with Crippen LogP contribution in [0.2, 0.25) is 0 Å². The van der Waals surface area contributed by atoms with E-state index in [1.54, 1.807) is 18.4 Å². The monoisotopic (exact) mass is 320 g/mol. The molecule has 3 aliphatic carbocycles. The molecule has 0 spiro atoms. The average Bonchev–Trinajstić information content (AvgIpc) is 2.78. The molecule has 1 aromatic rings. The minimum atomic E-state index is -0.412. The lowest BCUT2D eigenvalue weighted by Crippen LogP contribution is -2.37. The van der Waals surface area contributed by atoms with Gasteiger partial charge in [-0.15, -0.1) is 11.3 Å². The van der Waals surface area contributed by atoms with E-state index in [2.05, 4.69) is 4.99 Å². The first kappa shape index (κ1) is 14.3. The van der Waals surface area contributed by atoms with Crippen LogP contribution < -0.4 is 4.80 Å². The Hall–Kier alpha value is -1.27. The molecule has 6 heteroatoms. The Morgan fingerprint density at radius 3 is 2.91 bits per heavy atom. The Bertz CT molecular complexity index is 747. The summed E-state index contributed by atoms with van der Waals surface area (Å²) in [5.74, 6) is 0.980. The number of ketones is 1. The minimum absolute atomic E-state index is 0.0108. The summed E-state index contributed by atoms with van der Waals surface area (Å²) in [6.07, 6.45) is 1.56. The van der Waals surface area contributed by atoms with Crippen molar-refractivity contribution in [3.8, 4) is 0 Å². The Kier molecular flexibility index (Phi) is 3.01. The molecule has 3 saturated carbocycles. The van der Waals surface area contributed by atoms with E-state index in [1.165, 1.54) is 4.88 Å². The van der Waals surface area contributed by atoms with Crippen LogP contribution in [0.3, 0.4) is 0 Å². The van der Waals surface area contributed by atoms with Crippen LogP contribution in [-0.2, 0) is 20.9 Å². The first-order chi connectivity index (χ1) is 10.5. The SMILES string of the molecule is COCCn1c(C)c(C)sc1=NC(=O)[C@@]12C[C@@H]3CC(=O)[C@@H]1C32. The number of nitrogens with zero attached hydrogens (tertiary/aromatic N) is 2. The van der Waals surface area contributed by atoms with E-state index in [9.17, 15) is 9.59 Å². The van der Waals surface area contributed by atoms with E-state index in [4.69, 9.17) is 4.74 Å². The number of methoxy groups -OCH3 is 1. The van der Waals surface area contributed by atoms with Crippen LogP contribution in [-0.4, -0.2) is 30.0 Å². The van der Waals surface area contributed by atoms with E-state index in [-0.39, 0.29) is 17.6 Å². The lowest BCUT2D eigenvalue weighted by atomic mass is 9.70. The fourth-order valence-electron chi connectivity index (χ4n) is 4.58. The molecule has 4 rings (SSSR count). The molecule has 5 nitrogen and oxygen atoms in total. The average molecular weight is 320 g/mol. The van der Waals surface area contributed by atoms with Crippen molar-refractivity contribution >= 4 is 23.0 Å². The maximum Gasteiger partial charge on any atom is 0.255 e. The first-order valence-corrected chi connectivity index (χ1v) is 8.60. The van der Waals surface area contributed by atoms with Gasteiger partial charge in [-0.1, -0.05) is 0 Å². The molecule has 3 aliphatic rings. The summed E-state index contributed by atoms with van der Waals surface area (Å²) in [6, 6.07) is 0. The largest absolute Gasteiger partial charge is 0.383 e. The second kappa shape index (κ2) is 4.61. The van der Waals surface area contributed by atoms with Gasteiger partial charge < -0.3 is 9.30 Å². The predicted molar refractivity (Wildman–Crippen MR) is 81.4 cm³/mol. The number of hydrogen-bond acceptors (Lipinski definition) is 4. The Morgan fingerprint density at radius 2 is 2.27 bits per heavy atom. The molecule has 0 aliphatic heterocycles. The molecule has 0 aromatic carbocycles. The van der Waals surface area contributed by atoms with Gasteiger partial charge in [0.2, 0.25) is 0 Å². The highest BCUT2D eigenvalue weighted by Gasteiger charge is 2.84. The molecule has 1 aromatic heterocycles. The van der Waals surface area contributed by atoms with Gasteiger partial charge in [0.1, 0.15) is 5.78 Å². The van der Waals surface area contributed by atoms with Gasteiger partial charge in [-0.3, -0.25) is 9.59 Å². The zero-order valence-corrected chi connectivity index (χ0v) is 13.9. The normalized spacial score (nSPS) is 35.5. The standard InChI is InChI=1S/C16H20N2O3S/c1-8-9(2)22-15(18(8)4-5-21-3)17-14(20)16-7-10-6-11(19)13(16)12(10)16/h10,12-13H,4-7H2,1-3H3/t10-,12?,13+,16+/m0/s1. The Labute approximate surface area is 133 Å². The van der Waals surface area contributed by atoms with Crippen molar-refractivity contribution in [2.24, 2.45) is 28.2 Å². The van der Waals surface area contributed by atoms with Crippen LogP contribution in [0, 0.1) is 37.0 Å². The summed E-state index contributed by atoms with van der Waals surface area (Å²) in [6.45, 7) is 5.37. The molecule has 0 N–H and O–H groups in total. The molecular weight excluding hydrogens is 300 g/mol. The number of ether oxygens (including phenoxy) is 1. The van der Waals surface area contributed by atoms with E-state index >= 15 is 0 Å². The van der Waals surface area contributed by atoms with Crippen molar-refractivity contribution in [2.75, 3.05) is 13.7 Å².